The van der Waals surface area contributed by atoms with Gasteiger partial charge in [-0.25, -0.2) is 8.78 Å². The second-order valence-electron chi connectivity index (χ2n) is 5.50. The van der Waals surface area contributed by atoms with Crippen LogP contribution < -0.4 is 15.8 Å². The highest BCUT2D eigenvalue weighted by molar-refractivity contribution is 14.0. The fourth-order valence-corrected chi connectivity index (χ4v) is 2.69. The number of hydrogen-bond donors (Lipinski definition) is 2. The summed E-state index contributed by atoms with van der Waals surface area (Å²) in [6.07, 6.45) is 2.37. The van der Waals surface area contributed by atoms with E-state index in [0.29, 0.717) is 25.1 Å². The molecule has 24 heavy (non-hydrogen) atoms. The van der Waals surface area contributed by atoms with Crippen molar-refractivity contribution in [2.75, 3.05) is 32.8 Å². The van der Waals surface area contributed by atoms with Gasteiger partial charge in [0.05, 0.1) is 13.1 Å². The average molecular weight is 454 g/mol. The number of aliphatic imine (C=N–C) groups is 1. The van der Waals surface area contributed by atoms with Crippen LogP contribution in [-0.2, 0) is 0 Å². The Bertz CT molecular complexity index is 545. The third-order valence-corrected chi connectivity index (χ3v) is 3.95. The maximum absolute atomic E-state index is 13.0. The Labute approximate surface area is 158 Å². The Hall–Kier alpha value is -1.16. The van der Waals surface area contributed by atoms with Gasteiger partial charge >= 0.3 is 0 Å². The van der Waals surface area contributed by atoms with E-state index in [-0.39, 0.29) is 36.3 Å². The summed E-state index contributed by atoms with van der Waals surface area (Å²) < 4.78 is 31.1. The number of halogens is 3. The molecule has 1 unspecified atom stereocenters. The lowest BCUT2D eigenvalue weighted by molar-refractivity contribution is 0.273. The van der Waals surface area contributed by atoms with Crippen molar-refractivity contribution in [1.29, 1.82) is 0 Å². The van der Waals surface area contributed by atoms with E-state index in [2.05, 4.69) is 22.1 Å². The highest BCUT2D eigenvalue weighted by Gasteiger charge is 2.22. The molecule has 1 fully saturated rings. The molecule has 3 N–H and O–H groups in total. The van der Waals surface area contributed by atoms with Crippen molar-refractivity contribution in [3.8, 4) is 5.75 Å². The number of likely N-dealkylation sites (N-methyl/N-ethyl adjacent to an activating group) is 1. The van der Waals surface area contributed by atoms with Crippen LogP contribution in [0.15, 0.2) is 23.2 Å². The average Bonchev–Trinajstić information content (AvgIpc) is 3.00. The molecule has 1 aliphatic heterocycles. The predicted molar refractivity (Wildman–Crippen MR) is 102 cm³/mol. The molecule has 0 spiro atoms. The Kier molecular flexibility index (Phi) is 9.27. The van der Waals surface area contributed by atoms with Crippen LogP contribution in [-0.4, -0.2) is 49.7 Å². The van der Waals surface area contributed by atoms with Crippen LogP contribution in [0.4, 0.5) is 8.78 Å². The lowest BCUT2D eigenvalue weighted by Gasteiger charge is -2.20. The van der Waals surface area contributed by atoms with Gasteiger partial charge in [0.25, 0.3) is 0 Å². The van der Waals surface area contributed by atoms with Crippen molar-refractivity contribution in [2.45, 2.75) is 25.8 Å². The van der Waals surface area contributed by atoms with Crippen molar-refractivity contribution in [2.24, 2.45) is 10.7 Å². The molecule has 8 heteroatoms. The molecule has 136 valence electrons. The predicted octanol–water partition coefficient (Wildman–Crippen LogP) is 2.35. The molecule has 0 amide bonds. The summed E-state index contributed by atoms with van der Waals surface area (Å²) >= 11 is 0. The number of likely N-dealkylation sites (tertiary alicyclic amines) is 1. The molecule has 0 bridgehead atoms. The summed E-state index contributed by atoms with van der Waals surface area (Å²) in [4.78, 5) is 6.76. The summed E-state index contributed by atoms with van der Waals surface area (Å²) in [5.41, 5.74) is 5.82. The highest BCUT2D eigenvalue weighted by Crippen LogP contribution is 2.16. The minimum atomic E-state index is -0.923. The zero-order valence-corrected chi connectivity index (χ0v) is 16.1. The Morgan fingerprint density at radius 2 is 2.21 bits per heavy atom. The normalized spacial score (nSPS) is 18.3. The van der Waals surface area contributed by atoms with Crippen molar-refractivity contribution in [3.05, 3.63) is 29.8 Å². The van der Waals surface area contributed by atoms with Gasteiger partial charge in [0.2, 0.25) is 0 Å². The van der Waals surface area contributed by atoms with Gasteiger partial charge in [-0.3, -0.25) is 9.89 Å². The first-order valence-electron chi connectivity index (χ1n) is 7.96. The molecule has 0 aliphatic carbocycles. The van der Waals surface area contributed by atoms with Crippen molar-refractivity contribution >= 4 is 29.9 Å². The number of benzene rings is 1. The molecule has 1 saturated heterocycles. The summed E-state index contributed by atoms with van der Waals surface area (Å²) in [6.45, 7) is 5.74. The van der Waals surface area contributed by atoms with Crippen LogP contribution in [0.5, 0.6) is 5.75 Å². The van der Waals surface area contributed by atoms with Crippen LogP contribution in [0.1, 0.15) is 19.8 Å². The van der Waals surface area contributed by atoms with Crippen LogP contribution in [0.2, 0.25) is 0 Å². The molecular weight excluding hydrogens is 429 g/mol. The van der Waals surface area contributed by atoms with E-state index in [1.54, 1.807) is 0 Å². The molecule has 0 aromatic heterocycles. The lowest BCUT2D eigenvalue weighted by atomic mass is 10.2. The van der Waals surface area contributed by atoms with Crippen LogP contribution in [0.3, 0.4) is 0 Å². The molecule has 1 aromatic rings. The Morgan fingerprint density at radius 1 is 1.42 bits per heavy atom. The van der Waals surface area contributed by atoms with E-state index in [9.17, 15) is 8.78 Å². The summed E-state index contributed by atoms with van der Waals surface area (Å²) in [7, 11) is 0. The monoisotopic (exact) mass is 454 g/mol. The van der Waals surface area contributed by atoms with E-state index >= 15 is 0 Å². The Balaban J connectivity index is 0.00000288. The number of nitrogens with two attached hydrogens (primary N) is 1. The summed E-state index contributed by atoms with van der Waals surface area (Å²) in [5, 5.41) is 2.95. The van der Waals surface area contributed by atoms with Crippen molar-refractivity contribution < 1.29 is 13.5 Å². The molecule has 1 aliphatic rings. The van der Waals surface area contributed by atoms with Crippen LogP contribution in [0.25, 0.3) is 0 Å². The maximum atomic E-state index is 13.0. The zero-order valence-electron chi connectivity index (χ0n) is 13.8. The molecule has 2 rings (SSSR count). The first-order valence-corrected chi connectivity index (χ1v) is 7.96. The van der Waals surface area contributed by atoms with Gasteiger partial charge in [-0.15, -0.1) is 24.0 Å². The van der Waals surface area contributed by atoms with Gasteiger partial charge in [0, 0.05) is 12.1 Å². The van der Waals surface area contributed by atoms with Gasteiger partial charge in [-0.1, -0.05) is 6.92 Å². The molecular formula is C16H25F2IN4O. The highest BCUT2D eigenvalue weighted by atomic mass is 127. The van der Waals surface area contributed by atoms with E-state index in [1.807, 2.05) is 0 Å². The third-order valence-electron chi connectivity index (χ3n) is 3.95. The lowest BCUT2D eigenvalue weighted by Crippen LogP contribution is -2.37. The molecule has 0 saturated carbocycles. The van der Waals surface area contributed by atoms with Crippen molar-refractivity contribution in [1.82, 2.24) is 10.2 Å². The van der Waals surface area contributed by atoms with E-state index < -0.39 is 11.6 Å². The quantitative estimate of drug-likeness (QED) is 0.288. The second-order valence-corrected chi connectivity index (χ2v) is 5.50. The number of hydrogen-bond acceptors (Lipinski definition) is 3. The number of rotatable bonds is 7. The molecule has 1 aromatic carbocycles. The van der Waals surface area contributed by atoms with Gasteiger partial charge in [0.15, 0.2) is 17.6 Å². The van der Waals surface area contributed by atoms with Gasteiger partial charge < -0.3 is 15.8 Å². The molecule has 1 atom stereocenters. The maximum Gasteiger partial charge on any atom is 0.188 e. The topological polar surface area (TPSA) is 62.9 Å². The van der Waals surface area contributed by atoms with Gasteiger partial charge in [0.1, 0.15) is 12.4 Å². The largest absolute Gasteiger partial charge is 0.492 e. The minimum Gasteiger partial charge on any atom is -0.492 e. The number of guanidine groups is 1. The molecule has 1 heterocycles. The van der Waals surface area contributed by atoms with Crippen LogP contribution in [0, 0.1) is 11.6 Å². The van der Waals surface area contributed by atoms with Crippen LogP contribution >= 0.6 is 24.0 Å². The fourth-order valence-electron chi connectivity index (χ4n) is 2.69. The van der Waals surface area contributed by atoms with E-state index in [0.717, 1.165) is 31.6 Å². The summed E-state index contributed by atoms with van der Waals surface area (Å²) in [5.74, 6) is -1.15. The smallest absolute Gasteiger partial charge is 0.188 e. The Morgan fingerprint density at radius 3 is 2.92 bits per heavy atom. The number of nitrogens with one attached hydrogen (secondary N) is 1. The first kappa shape index (κ1) is 20.9. The number of nitrogens with zero attached hydrogens (tertiary/aromatic N) is 2. The van der Waals surface area contributed by atoms with E-state index in [4.69, 9.17) is 10.5 Å². The third kappa shape index (κ3) is 6.39. The molecule has 5 nitrogen and oxygen atoms in total. The SMILES string of the molecule is CCN1CCCC1CN=C(N)NCCOc1ccc(F)c(F)c1.I. The van der Waals surface area contributed by atoms with E-state index in [1.165, 1.54) is 12.5 Å². The molecule has 0 radical (unpaired) electrons. The number of ether oxygens (including phenoxy) is 1. The standard InChI is InChI=1S/C16H24F2N4O.HI/c1-2-22-8-3-4-12(22)11-21-16(19)20-7-9-23-13-5-6-14(17)15(18)10-13;/h5-6,10,12H,2-4,7-9,11H2,1H3,(H3,19,20,21);1H. The zero-order chi connectivity index (χ0) is 16.7. The minimum absolute atomic E-state index is 0. The van der Waals surface area contributed by atoms with Gasteiger partial charge in [-0.2, -0.15) is 0 Å². The van der Waals surface area contributed by atoms with Gasteiger partial charge in [-0.05, 0) is 38.1 Å². The first-order chi connectivity index (χ1) is 11.1. The summed E-state index contributed by atoms with van der Waals surface area (Å²) in [6, 6.07) is 3.91. The van der Waals surface area contributed by atoms with Crippen molar-refractivity contribution in [3.63, 3.8) is 0 Å². The second kappa shape index (κ2) is 10.7. The fraction of sp³-hybridized carbons (Fsp3) is 0.562.